The second kappa shape index (κ2) is 3.68. The molecule has 0 amide bonds. The largest absolute Gasteiger partial charge is 0.398 e. The van der Waals surface area contributed by atoms with Crippen LogP contribution in [0.1, 0.15) is 6.42 Å². The highest BCUT2D eigenvalue weighted by Gasteiger charge is 2.27. The number of nitrogens with zero attached hydrogens (tertiary/aromatic N) is 2. The third-order valence-corrected chi connectivity index (χ3v) is 2.89. The summed E-state index contributed by atoms with van der Waals surface area (Å²) in [6, 6.07) is 0. The summed E-state index contributed by atoms with van der Waals surface area (Å²) >= 11 is 5.95. The minimum Gasteiger partial charge on any atom is -0.398 e. The van der Waals surface area contributed by atoms with Crippen LogP contribution in [0.15, 0.2) is 16.8 Å². The third kappa shape index (κ3) is 1.86. The van der Waals surface area contributed by atoms with Crippen molar-refractivity contribution in [1.82, 2.24) is 4.90 Å². The van der Waals surface area contributed by atoms with Crippen molar-refractivity contribution in [3.05, 3.63) is 11.6 Å². The Morgan fingerprint density at radius 2 is 2.62 bits per heavy atom. The van der Waals surface area contributed by atoms with Crippen LogP contribution in [0.25, 0.3) is 0 Å². The first kappa shape index (κ1) is 9.03. The maximum Gasteiger partial charge on any atom is 0.172 e. The van der Waals surface area contributed by atoms with Crippen LogP contribution in [0.4, 0.5) is 0 Å². The average Bonchev–Trinajstić information content (AvgIpc) is 2.46. The van der Waals surface area contributed by atoms with E-state index in [4.69, 9.17) is 11.6 Å². The van der Waals surface area contributed by atoms with Crippen molar-refractivity contribution >= 4 is 16.8 Å². The fraction of sp³-hybridized carbons (Fsp3) is 0.667. The van der Waals surface area contributed by atoms with Gasteiger partial charge in [-0.25, -0.2) is 0 Å². The van der Waals surface area contributed by atoms with Crippen molar-refractivity contribution in [2.75, 3.05) is 26.7 Å². The van der Waals surface area contributed by atoms with Gasteiger partial charge in [0.1, 0.15) is 7.11 Å². The molecule has 0 aromatic carbocycles. The fourth-order valence-electron chi connectivity index (χ4n) is 1.99. The molecule has 2 unspecified atom stereocenters. The molecule has 2 rings (SSSR count). The van der Waals surface area contributed by atoms with E-state index in [1.165, 1.54) is 26.6 Å². The molecule has 0 aliphatic carbocycles. The van der Waals surface area contributed by atoms with Crippen LogP contribution in [0.5, 0.6) is 0 Å². The maximum absolute atomic E-state index is 5.95. The van der Waals surface area contributed by atoms with Crippen molar-refractivity contribution in [3.8, 4) is 0 Å². The lowest BCUT2D eigenvalue weighted by Gasteiger charge is -2.21. The minimum atomic E-state index is 0.499. The van der Waals surface area contributed by atoms with Gasteiger partial charge in [-0.05, 0) is 18.9 Å². The zero-order valence-corrected chi connectivity index (χ0v) is 8.42. The Balaban J connectivity index is 2.12. The van der Waals surface area contributed by atoms with Gasteiger partial charge in [0.25, 0.3) is 0 Å². The molecule has 2 aliphatic heterocycles. The van der Waals surface area contributed by atoms with Gasteiger partial charge in [-0.2, -0.15) is 0 Å². The van der Waals surface area contributed by atoms with Gasteiger partial charge in [-0.1, -0.05) is 22.8 Å². The molecule has 2 heterocycles. The Bertz CT molecular complexity index is 262. The Labute approximate surface area is 83.0 Å². The third-order valence-electron chi connectivity index (χ3n) is 2.58. The highest BCUT2D eigenvalue weighted by molar-refractivity contribution is 6.69. The van der Waals surface area contributed by atoms with Gasteiger partial charge in [0, 0.05) is 18.7 Å². The van der Waals surface area contributed by atoms with E-state index in [0.29, 0.717) is 11.1 Å². The number of rotatable bonds is 2. The van der Waals surface area contributed by atoms with E-state index in [1.807, 2.05) is 0 Å². The van der Waals surface area contributed by atoms with Gasteiger partial charge in [0.15, 0.2) is 5.17 Å². The average molecular weight is 201 g/mol. The summed E-state index contributed by atoms with van der Waals surface area (Å²) in [5.41, 5.74) is 1.11. The summed E-state index contributed by atoms with van der Waals surface area (Å²) < 4.78 is 0. The Morgan fingerprint density at radius 1 is 1.77 bits per heavy atom. The minimum absolute atomic E-state index is 0.499. The molecule has 4 heteroatoms. The van der Waals surface area contributed by atoms with Crippen LogP contribution < -0.4 is 0 Å². The zero-order chi connectivity index (χ0) is 9.26. The highest BCUT2D eigenvalue weighted by Crippen LogP contribution is 2.26. The summed E-state index contributed by atoms with van der Waals surface area (Å²) in [4.78, 5) is 7.04. The van der Waals surface area contributed by atoms with E-state index in [2.05, 4.69) is 21.0 Å². The molecule has 0 aromatic rings. The molecule has 1 fully saturated rings. The molecule has 0 radical (unpaired) electrons. The van der Waals surface area contributed by atoms with Crippen molar-refractivity contribution in [2.24, 2.45) is 11.1 Å². The summed E-state index contributed by atoms with van der Waals surface area (Å²) in [6.07, 6.45) is 3.48. The molecular weight excluding hydrogens is 188 g/mol. The quantitative estimate of drug-likeness (QED) is 0.498. The Hall–Kier alpha value is -0.540. The molecule has 0 spiro atoms. The van der Waals surface area contributed by atoms with Crippen molar-refractivity contribution in [3.63, 3.8) is 0 Å². The molecule has 3 nitrogen and oxygen atoms in total. The molecule has 1 saturated heterocycles. The van der Waals surface area contributed by atoms with Crippen LogP contribution in [0.3, 0.4) is 0 Å². The number of oxime groups is 1. The second-order valence-electron chi connectivity index (χ2n) is 3.54. The van der Waals surface area contributed by atoms with E-state index in [9.17, 15) is 0 Å². The number of hydrogen-bond donors (Lipinski definition) is 0. The lowest BCUT2D eigenvalue weighted by Crippen LogP contribution is -2.28. The standard InChI is InChI=1S/C9H13ClN2O/c1-13-11-9(10)8-4-7-2-3-12(5-7)6-8/h4,7H,2-3,5-6H2,1H3. The van der Waals surface area contributed by atoms with Crippen LogP contribution in [-0.2, 0) is 4.84 Å². The first-order valence-electron chi connectivity index (χ1n) is 4.49. The van der Waals surface area contributed by atoms with E-state index in [0.717, 1.165) is 12.1 Å². The van der Waals surface area contributed by atoms with E-state index in [1.54, 1.807) is 0 Å². The Morgan fingerprint density at radius 3 is 3.31 bits per heavy atom. The molecule has 2 aliphatic rings. The molecule has 0 N–H and O–H groups in total. The Kier molecular flexibility index (Phi) is 2.56. The highest BCUT2D eigenvalue weighted by atomic mass is 35.5. The molecule has 2 atom stereocenters. The van der Waals surface area contributed by atoms with Gasteiger partial charge in [0.05, 0.1) is 0 Å². The monoisotopic (exact) mass is 200 g/mol. The topological polar surface area (TPSA) is 24.8 Å². The molecule has 0 saturated carbocycles. The van der Waals surface area contributed by atoms with Gasteiger partial charge in [0.2, 0.25) is 0 Å². The molecule has 13 heavy (non-hydrogen) atoms. The van der Waals surface area contributed by atoms with Crippen molar-refractivity contribution in [1.29, 1.82) is 0 Å². The molecule has 0 aromatic heterocycles. The number of fused-ring (bicyclic) bond motifs is 2. The zero-order valence-electron chi connectivity index (χ0n) is 7.66. The lowest BCUT2D eigenvalue weighted by molar-refractivity contribution is 0.214. The SMILES string of the molecule is CON=C(Cl)C1=CC2CCN(C1)C2. The number of hydrogen-bond acceptors (Lipinski definition) is 3. The first-order chi connectivity index (χ1) is 6.29. The van der Waals surface area contributed by atoms with Gasteiger partial charge >= 0.3 is 0 Å². The number of halogens is 1. The van der Waals surface area contributed by atoms with Crippen molar-refractivity contribution < 1.29 is 4.84 Å². The van der Waals surface area contributed by atoms with E-state index >= 15 is 0 Å². The molecular formula is C9H13ClN2O. The lowest BCUT2D eigenvalue weighted by atomic mass is 10.0. The van der Waals surface area contributed by atoms with Gasteiger partial charge in [-0.15, -0.1) is 0 Å². The summed E-state index contributed by atoms with van der Waals surface area (Å²) in [5.74, 6) is 0.671. The summed E-state index contributed by atoms with van der Waals surface area (Å²) in [6.45, 7) is 3.28. The van der Waals surface area contributed by atoms with E-state index in [-0.39, 0.29) is 0 Å². The predicted octanol–water partition coefficient (Wildman–Crippen LogP) is 1.45. The van der Waals surface area contributed by atoms with Crippen LogP contribution in [0, 0.1) is 5.92 Å². The second-order valence-corrected chi connectivity index (χ2v) is 3.90. The van der Waals surface area contributed by atoms with Crippen LogP contribution >= 0.6 is 11.6 Å². The van der Waals surface area contributed by atoms with Crippen LogP contribution in [0.2, 0.25) is 0 Å². The fourth-order valence-corrected chi connectivity index (χ4v) is 2.18. The summed E-state index contributed by atoms with van der Waals surface area (Å²) in [5, 5.41) is 4.23. The maximum atomic E-state index is 5.95. The smallest absolute Gasteiger partial charge is 0.172 e. The van der Waals surface area contributed by atoms with Crippen LogP contribution in [-0.4, -0.2) is 36.8 Å². The van der Waals surface area contributed by atoms with E-state index < -0.39 is 0 Å². The predicted molar refractivity (Wildman–Crippen MR) is 52.9 cm³/mol. The van der Waals surface area contributed by atoms with Crippen molar-refractivity contribution in [2.45, 2.75) is 6.42 Å². The molecule has 72 valence electrons. The first-order valence-corrected chi connectivity index (χ1v) is 4.87. The van der Waals surface area contributed by atoms with Gasteiger partial charge in [-0.3, -0.25) is 4.90 Å². The normalized spacial score (nSPS) is 33.1. The summed E-state index contributed by atoms with van der Waals surface area (Å²) in [7, 11) is 1.51. The molecule has 2 bridgehead atoms. The van der Waals surface area contributed by atoms with Gasteiger partial charge < -0.3 is 4.84 Å².